The van der Waals surface area contributed by atoms with Gasteiger partial charge < -0.3 is 10.1 Å². The number of ether oxygens (including phenoxy) is 1. The molecule has 0 amide bonds. The molecule has 1 atom stereocenters. The number of carbonyl (C=O) groups excluding carboxylic acids is 1. The van der Waals surface area contributed by atoms with Gasteiger partial charge in [0, 0.05) is 6.20 Å². The Bertz CT molecular complexity index is 950. The van der Waals surface area contributed by atoms with E-state index in [0.29, 0.717) is 18.2 Å². The van der Waals surface area contributed by atoms with Gasteiger partial charge in [0.15, 0.2) is 0 Å². The van der Waals surface area contributed by atoms with Crippen LogP contribution in [0, 0.1) is 5.92 Å². The molecule has 1 N–H and O–H groups in total. The molecule has 132 valence electrons. The van der Waals surface area contributed by atoms with E-state index in [0.717, 1.165) is 12.0 Å². The predicted molar refractivity (Wildman–Crippen MR) is 105 cm³/mol. The van der Waals surface area contributed by atoms with Crippen molar-refractivity contribution in [2.75, 3.05) is 0 Å². The number of nitrogens with one attached hydrogen (secondary N) is 1. The third kappa shape index (κ3) is 3.05. The molecule has 0 bridgehead atoms. The topological polar surface area (TPSA) is 38.3 Å². The molecule has 0 fully saturated rings. The lowest BCUT2D eigenvalue weighted by molar-refractivity contribution is -0.141. The van der Waals surface area contributed by atoms with Crippen LogP contribution in [-0.2, 0) is 22.4 Å². The molecule has 4 rings (SSSR count). The van der Waals surface area contributed by atoms with Gasteiger partial charge in [0.25, 0.3) is 0 Å². The number of carbonyl (C=O) groups is 1. The van der Waals surface area contributed by atoms with Crippen LogP contribution in [0.5, 0.6) is 0 Å². The summed E-state index contributed by atoms with van der Waals surface area (Å²) in [6.45, 7) is 4.47. The highest BCUT2D eigenvalue weighted by Gasteiger charge is 2.32. The van der Waals surface area contributed by atoms with Crippen molar-refractivity contribution in [2.24, 2.45) is 5.92 Å². The van der Waals surface area contributed by atoms with E-state index in [1.54, 1.807) is 12.3 Å². The van der Waals surface area contributed by atoms with Crippen LogP contribution in [0.15, 0.2) is 66.7 Å². The molecule has 3 heteroatoms. The van der Waals surface area contributed by atoms with Crippen molar-refractivity contribution < 1.29 is 9.53 Å². The first kappa shape index (κ1) is 16.6. The molecule has 26 heavy (non-hydrogen) atoms. The summed E-state index contributed by atoms with van der Waals surface area (Å²) in [7, 11) is 0. The van der Waals surface area contributed by atoms with E-state index in [-0.39, 0.29) is 11.9 Å². The molecule has 2 aromatic carbocycles. The summed E-state index contributed by atoms with van der Waals surface area (Å²) in [6, 6.07) is 10.7. The molecule has 0 saturated heterocycles. The molecule has 3 nitrogen and oxygen atoms in total. The molecule has 1 heterocycles. The van der Waals surface area contributed by atoms with Crippen molar-refractivity contribution in [1.29, 1.82) is 0 Å². The first-order valence-corrected chi connectivity index (χ1v) is 9.18. The second-order valence-corrected chi connectivity index (χ2v) is 7.35. The fourth-order valence-corrected chi connectivity index (χ4v) is 3.87. The van der Waals surface area contributed by atoms with Crippen molar-refractivity contribution in [3.8, 4) is 0 Å². The Balaban J connectivity index is 1.66. The van der Waals surface area contributed by atoms with Gasteiger partial charge in [-0.15, -0.1) is 0 Å². The number of benzene rings is 2. The van der Waals surface area contributed by atoms with Crippen molar-refractivity contribution in [3.05, 3.63) is 83.4 Å². The van der Waals surface area contributed by atoms with Crippen LogP contribution in [-0.4, -0.2) is 5.97 Å². The molecule has 0 aromatic heterocycles. The van der Waals surface area contributed by atoms with Crippen LogP contribution in [0.4, 0.5) is 0 Å². The van der Waals surface area contributed by atoms with E-state index in [1.807, 2.05) is 18.2 Å². The Morgan fingerprint density at radius 1 is 1.19 bits per heavy atom. The Kier molecular flexibility index (Phi) is 4.37. The second kappa shape index (κ2) is 6.83. The Morgan fingerprint density at radius 2 is 2.08 bits per heavy atom. The zero-order chi connectivity index (χ0) is 18.1. The lowest BCUT2D eigenvalue weighted by atomic mass is 9.93. The predicted octanol–water partition coefficient (Wildman–Crippen LogP) is 4.74. The van der Waals surface area contributed by atoms with E-state index >= 15 is 0 Å². The summed E-state index contributed by atoms with van der Waals surface area (Å²) in [5.74, 6) is 0.607. The summed E-state index contributed by atoms with van der Waals surface area (Å²) in [5.41, 5.74) is 3.69. The van der Waals surface area contributed by atoms with Crippen LogP contribution in [0.1, 0.15) is 36.5 Å². The number of allylic oxidation sites excluding steroid dienone is 4. The van der Waals surface area contributed by atoms with E-state index in [2.05, 4.69) is 49.5 Å². The zero-order valence-electron chi connectivity index (χ0n) is 15.2. The SMILES string of the molecule is CC(C)Cc1ccc2c3c(cccc13)CC2C(=O)OC1=CC=CC=CN1. The van der Waals surface area contributed by atoms with Gasteiger partial charge in [-0.1, -0.05) is 56.3 Å². The molecule has 2 aromatic rings. The molecule has 0 radical (unpaired) electrons. The highest BCUT2D eigenvalue weighted by molar-refractivity contribution is 5.98. The number of hydrogen-bond donors (Lipinski definition) is 1. The highest BCUT2D eigenvalue weighted by Crippen LogP contribution is 2.40. The lowest BCUT2D eigenvalue weighted by Crippen LogP contribution is -2.19. The van der Waals surface area contributed by atoms with Crippen LogP contribution < -0.4 is 5.32 Å². The monoisotopic (exact) mass is 345 g/mol. The zero-order valence-corrected chi connectivity index (χ0v) is 15.2. The maximum absolute atomic E-state index is 12.8. The quantitative estimate of drug-likeness (QED) is 0.814. The van der Waals surface area contributed by atoms with Crippen molar-refractivity contribution in [1.82, 2.24) is 5.32 Å². The van der Waals surface area contributed by atoms with Gasteiger partial charge in [0.05, 0.1) is 5.92 Å². The summed E-state index contributed by atoms with van der Waals surface area (Å²) in [5, 5.41) is 5.51. The summed E-state index contributed by atoms with van der Waals surface area (Å²) >= 11 is 0. The lowest BCUT2D eigenvalue weighted by Gasteiger charge is -2.14. The summed E-state index contributed by atoms with van der Waals surface area (Å²) in [4.78, 5) is 12.8. The van der Waals surface area contributed by atoms with Crippen molar-refractivity contribution >= 4 is 16.7 Å². The van der Waals surface area contributed by atoms with Crippen LogP contribution in [0.2, 0.25) is 0 Å². The smallest absolute Gasteiger partial charge is 0.320 e. The minimum atomic E-state index is -0.248. The molecular formula is C23H23NO2. The average molecular weight is 345 g/mol. The molecule has 0 saturated carbocycles. The number of esters is 1. The van der Waals surface area contributed by atoms with Gasteiger partial charge in [0.1, 0.15) is 0 Å². The van der Waals surface area contributed by atoms with E-state index < -0.39 is 0 Å². The van der Waals surface area contributed by atoms with E-state index in [4.69, 9.17) is 4.74 Å². The van der Waals surface area contributed by atoms with E-state index in [9.17, 15) is 4.79 Å². The van der Waals surface area contributed by atoms with Crippen molar-refractivity contribution in [2.45, 2.75) is 32.6 Å². The minimum absolute atomic E-state index is 0.207. The maximum atomic E-state index is 12.8. The fourth-order valence-electron chi connectivity index (χ4n) is 3.87. The van der Waals surface area contributed by atoms with Gasteiger partial charge in [-0.05, 0) is 58.4 Å². The van der Waals surface area contributed by atoms with Crippen molar-refractivity contribution in [3.63, 3.8) is 0 Å². The molecule has 1 unspecified atom stereocenters. The Morgan fingerprint density at radius 3 is 2.92 bits per heavy atom. The molecule has 0 spiro atoms. The second-order valence-electron chi connectivity index (χ2n) is 7.35. The fraction of sp³-hybridized carbons (Fsp3) is 0.261. The largest absolute Gasteiger partial charge is 0.409 e. The summed E-state index contributed by atoms with van der Waals surface area (Å²) in [6.07, 6.45) is 10.9. The Labute approximate surface area is 154 Å². The summed E-state index contributed by atoms with van der Waals surface area (Å²) < 4.78 is 5.62. The highest BCUT2D eigenvalue weighted by atomic mass is 16.5. The van der Waals surface area contributed by atoms with Gasteiger partial charge in [-0.2, -0.15) is 0 Å². The standard InChI is InChI=1S/C23H23NO2/c1-15(2)13-16-10-11-19-20(14-17-7-6-8-18(16)22(17)19)23(25)26-21-9-4-3-5-12-24-21/h3-12,15,20,24H,13-14H2,1-2H3. The number of rotatable bonds is 4. The van der Waals surface area contributed by atoms with Crippen LogP contribution in [0.25, 0.3) is 10.8 Å². The van der Waals surface area contributed by atoms with Crippen LogP contribution in [0.3, 0.4) is 0 Å². The first-order valence-electron chi connectivity index (χ1n) is 9.18. The number of hydrogen-bond acceptors (Lipinski definition) is 3. The van der Waals surface area contributed by atoms with E-state index in [1.165, 1.54) is 21.9 Å². The normalized spacial score (nSPS) is 18.0. The first-order chi connectivity index (χ1) is 12.6. The third-order valence-corrected chi connectivity index (χ3v) is 4.96. The van der Waals surface area contributed by atoms with Gasteiger partial charge in [0.2, 0.25) is 5.88 Å². The van der Waals surface area contributed by atoms with Gasteiger partial charge in [-0.25, -0.2) is 0 Å². The van der Waals surface area contributed by atoms with Crippen LogP contribution >= 0.6 is 0 Å². The average Bonchev–Trinajstić information content (AvgIpc) is 2.81. The van der Waals surface area contributed by atoms with Gasteiger partial charge >= 0.3 is 5.97 Å². The molecule has 2 aliphatic rings. The molecule has 1 aliphatic carbocycles. The molecule has 1 aliphatic heterocycles. The maximum Gasteiger partial charge on any atom is 0.320 e. The molecular weight excluding hydrogens is 322 g/mol. The van der Waals surface area contributed by atoms with Gasteiger partial charge in [-0.3, -0.25) is 4.79 Å². The Hall–Kier alpha value is -2.81. The third-order valence-electron chi connectivity index (χ3n) is 4.96. The minimum Gasteiger partial charge on any atom is -0.409 e.